The Morgan fingerprint density at radius 2 is 0.537 bits per heavy atom. The number of para-hydroxylation sites is 10. The van der Waals surface area contributed by atoms with Gasteiger partial charge in [-0.15, -0.1) is 11.3 Å². The first-order valence-corrected chi connectivity index (χ1v) is 50.1. The van der Waals surface area contributed by atoms with E-state index < -0.39 is 0 Å². The molecule has 0 saturated heterocycles. The van der Waals surface area contributed by atoms with E-state index in [4.69, 9.17) is 43.2 Å². The minimum absolute atomic E-state index is 0.668. The Kier molecular flexibility index (Phi) is 19.8. The highest BCUT2D eigenvalue weighted by molar-refractivity contribution is 7.26. The van der Waals surface area contributed by atoms with E-state index in [-0.39, 0.29) is 0 Å². The van der Waals surface area contributed by atoms with Gasteiger partial charge in [-0.3, -0.25) is 0 Å². The smallest absolute Gasteiger partial charge is 0.161 e. The van der Waals surface area contributed by atoms with Crippen molar-refractivity contribution in [3.63, 3.8) is 0 Å². The molecule has 0 aliphatic carbocycles. The topological polar surface area (TPSA) is 138 Å². The van der Waals surface area contributed by atoms with Crippen LogP contribution in [0.2, 0.25) is 0 Å². The molecule has 21 aromatic carbocycles. The fraction of sp³-hybridized carbons (Fsp3) is 0. The lowest BCUT2D eigenvalue weighted by Gasteiger charge is -2.25. The Balaban J connectivity index is 0.000000104. The molecule has 0 saturated carbocycles. The molecule has 10 heterocycles. The van der Waals surface area contributed by atoms with Gasteiger partial charge in [0, 0.05) is 172 Å². The number of rotatable bonds is 13. The summed E-state index contributed by atoms with van der Waals surface area (Å²) in [6.45, 7) is 0. The molecule has 0 atom stereocenters. The maximum atomic E-state index is 6.87. The molecule has 15 heteroatoms. The molecule has 0 bridgehead atoms. The molecule has 0 aliphatic heterocycles. The van der Waals surface area contributed by atoms with E-state index in [9.17, 15) is 0 Å². The number of furan rings is 3. The van der Waals surface area contributed by atoms with Crippen LogP contribution >= 0.6 is 11.3 Å². The lowest BCUT2D eigenvalue weighted by Crippen LogP contribution is -2.09. The first-order valence-electron chi connectivity index (χ1n) is 49.3. The van der Waals surface area contributed by atoms with E-state index in [1.54, 1.807) is 11.3 Å². The van der Waals surface area contributed by atoms with Crippen LogP contribution in [0.5, 0.6) is 0 Å². The molecule has 31 aromatic rings. The van der Waals surface area contributed by atoms with Crippen molar-refractivity contribution >= 4 is 230 Å². The van der Waals surface area contributed by atoms with Crippen LogP contribution in [0.1, 0.15) is 0 Å². The third kappa shape index (κ3) is 14.0. The first-order chi connectivity index (χ1) is 72.9. The van der Waals surface area contributed by atoms with Crippen molar-refractivity contribution in [3.8, 4) is 62.5 Å². The number of benzene rings is 21. The summed E-state index contributed by atoms with van der Waals surface area (Å²) >= 11 is 1.75. The predicted octanol–water partition coefficient (Wildman–Crippen LogP) is 35.9. The number of hydrogen-bond acceptors (Lipinski definition) is 12. The molecule has 688 valence electrons. The normalized spacial score (nSPS) is 11.8. The first kappa shape index (κ1) is 84.2. The zero-order chi connectivity index (χ0) is 96.7. The van der Waals surface area contributed by atoms with Gasteiger partial charge < -0.3 is 36.8 Å². The predicted molar refractivity (Wildman–Crippen MR) is 607 cm³/mol. The van der Waals surface area contributed by atoms with Gasteiger partial charge in [-0.2, -0.15) is 0 Å². The number of fused-ring (bicyclic) bond motifs is 27. The third-order valence-electron chi connectivity index (χ3n) is 28.6. The molecular formula is C132H81N11O3S. The summed E-state index contributed by atoms with van der Waals surface area (Å²) < 4.78 is 29.6. The molecule has 0 aliphatic rings. The number of aromatic nitrogens is 9. The number of nitrogens with zero attached hydrogens (tertiary/aromatic N) is 11. The van der Waals surface area contributed by atoms with E-state index >= 15 is 0 Å². The highest BCUT2D eigenvalue weighted by Crippen LogP contribution is 2.51. The standard InChI is InChI=1S/C44H26N4O.C44H28N4O.C44H27N3OS/c1-2-13-28(14-3-1)47-38-21-11-8-18-33(38)42-39(47)26-45-44(46-42)35-24-27-12-4-5-15-30(27)43-41(35)34-23-22-29(25-40(34)49-43)48-36-19-9-6-16-31(36)32-17-7-10-20-37(32)48;1-4-15-30(16-5-1)47(31-17-6-2-7-18-31)33-24-25-36-40(27-33)49-43-34-21-11-10-14-29(34)26-37(41(36)43)44-45-28-39-42(46-44)35-22-12-13-23-38(35)48(39)32-19-8-3-9-20-32;1-4-14-28(15-5-1)40-43-41(35-22-12-13-23-38(35)49-43)46-44(45-40)36-26-29-16-10-11-21-33(29)42-39(36)34-25-24-32(27-37(34)48-42)47(30-17-6-2-7-18-30)31-19-8-3-9-20-31/h1-26H;1-28H;1-27H. The molecule has 147 heavy (non-hydrogen) atoms. The minimum atomic E-state index is 0.668. The molecule has 14 nitrogen and oxygen atoms in total. The number of hydrogen-bond donors (Lipinski definition) is 0. The van der Waals surface area contributed by atoms with Crippen LogP contribution in [0.25, 0.3) is 247 Å². The maximum Gasteiger partial charge on any atom is 0.161 e. The lowest BCUT2D eigenvalue weighted by molar-refractivity contribution is 0.672. The molecule has 0 spiro atoms. The summed E-state index contributed by atoms with van der Waals surface area (Å²) in [6.07, 6.45) is 3.93. The fourth-order valence-corrected chi connectivity index (χ4v) is 23.2. The summed E-state index contributed by atoms with van der Waals surface area (Å²) in [6, 6.07) is 167. The van der Waals surface area contributed by atoms with Crippen LogP contribution in [0, 0.1) is 0 Å². The Hall–Kier alpha value is -19.7. The molecule has 31 rings (SSSR count). The van der Waals surface area contributed by atoms with Crippen LogP contribution in [-0.4, -0.2) is 43.6 Å². The molecule has 0 N–H and O–H groups in total. The van der Waals surface area contributed by atoms with Crippen molar-refractivity contribution in [2.75, 3.05) is 9.80 Å². The summed E-state index contributed by atoms with van der Waals surface area (Å²) in [4.78, 5) is 35.9. The van der Waals surface area contributed by atoms with Crippen LogP contribution in [0.3, 0.4) is 0 Å². The second-order valence-corrected chi connectivity index (χ2v) is 38.1. The van der Waals surface area contributed by atoms with Gasteiger partial charge in [-0.1, -0.05) is 303 Å². The van der Waals surface area contributed by atoms with Gasteiger partial charge >= 0.3 is 0 Å². The minimum Gasteiger partial charge on any atom is -0.455 e. The zero-order valence-corrected chi connectivity index (χ0v) is 79.6. The van der Waals surface area contributed by atoms with Gasteiger partial charge in [-0.25, -0.2) is 29.9 Å². The molecule has 0 radical (unpaired) electrons. The molecule has 0 amide bonds. The van der Waals surface area contributed by atoms with Crippen molar-refractivity contribution in [2.45, 2.75) is 0 Å². The highest BCUT2D eigenvalue weighted by atomic mass is 32.1. The molecule has 0 unspecified atom stereocenters. The van der Waals surface area contributed by atoms with Gasteiger partial charge in [-0.05, 0) is 174 Å². The third-order valence-corrected chi connectivity index (χ3v) is 29.8. The van der Waals surface area contributed by atoms with Crippen LogP contribution < -0.4 is 9.80 Å². The second-order valence-electron chi connectivity index (χ2n) is 37.0. The Bertz CT molecular complexity index is 10500. The van der Waals surface area contributed by atoms with E-state index in [2.05, 4.69) is 460 Å². The second kappa shape index (κ2) is 34.6. The Morgan fingerprint density at radius 3 is 0.959 bits per heavy atom. The molecule has 0 fully saturated rings. The van der Waals surface area contributed by atoms with Gasteiger partial charge in [0.1, 0.15) is 44.5 Å². The summed E-state index contributed by atoms with van der Waals surface area (Å²) in [5.74, 6) is 2.03. The monoisotopic (exact) mass is 1900 g/mol. The van der Waals surface area contributed by atoms with E-state index in [0.717, 1.165) is 237 Å². The quantitative estimate of drug-likeness (QED) is 0.109. The van der Waals surface area contributed by atoms with Crippen LogP contribution in [-0.2, 0) is 0 Å². The lowest BCUT2D eigenvalue weighted by atomic mass is 9.99. The Labute approximate surface area is 844 Å². The summed E-state index contributed by atoms with van der Waals surface area (Å²) in [5, 5.41) is 18.4. The maximum absolute atomic E-state index is 6.87. The van der Waals surface area contributed by atoms with Crippen molar-refractivity contribution in [1.82, 2.24) is 43.6 Å². The largest absolute Gasteiger partial charge is 0.455 e. The van der Waals surface area contributed by atoms with Crippen molar-refractivity contribution in [1.29, 1.82) is 0 Å². The van der Waals surface area contributed by atoms with Gasteiger partial charge in [0.2, 0.25) is 0 Å². The summed E-state index contributed by atoms with van der Waals surface area (Å²) in [5.41, 5.74) is 28.7. The highest BCUT2D eigenvalue weighted by Gasteiger charge is 2.29. The van der Waals surface area contributed by atoms with E-state index in [1.165, 1.54) is 26.5 Å². The van der Waals surface area contributed by atoms with Crippen molar-refractivity contribution in [2.24, 2.45) is 0 Å². The van der Waals surface area contributed by atoms with Gasteiger partial charge in [0.15, 0.2) is 17.5 Å². The van der Waals surface area contributed by atoms with Crippen LogP contribution in [0.15, 0.2) is 505 Å². The average molecular weight is 1900 g/mol. The SMILES string of the molecule is c1ccc(-c2nc(-c3cc4ccccc4c4oc5cc(N(c6ccccc6)c6ccccc6)ccc5c34)nc3c2sc2ccccc23)cc1.c1ccc(-n2c3ccccc3c3nc(-c4cc5ccccc5c5oc6cc(-n7c8ccccc8c8ccccc87)ccc6c45)ncc32)cc1.c1ccc(N(c2ccccc2)c2ccc3c(c2)oc2c4ccccc4cc(-c4ncc5c(n4)c4ccccc4n5-c4ccccc4)c32)cc1. The fourth-order valence-electron chi connectivity index (χ4n) is 22.1. The molecular weight excluding hydrogens is 1820 g/mol. The van der Waals surface area contributed by atoms with Crippen molar-refractivity contribution in [3.05, 3.63) is 492 Å². The number of anilines is 6. The van der Waals surface area contributed by atoms with Crippen LogP contribution in [0.4, 0.5) is 34.1 Å². The van der Waals surface area contributed by atoms with E-state index in [1.807, 2.05) is 54.9 Å². The number of thiophene rings is 1. The average Bonchev–Trinajstić information content (AvgIpc) is 1.57. The van der Waals surface area contributed by atoms with Gasteiger partial charge in [0.05, 0.1) is 61.4 Å². The Morgan fingerprint density at radius 1 is 0.218 bits per heavy atom. The van der Waals surface area contributed by atoms with Gasteiger partial charge in [0.25, 0.3) is 0 Å². The van der Waals surface area contributed by atoms with Crippen molar-refractivity contribution < 1.29 is 13.3 Å². The summed E-state index contributed by atoms with van der Waals surface area (Å²) in [7, 11) is 0. The van der Waals surface area contributed by atoms with E-state index in [0.29, 0.717) is 17.5 Å². The molecule has 10 aromatic heterocycles. The zero-order valence-electron chi connectivity index (χ0n) is 78.8.